The molecular formula is C18H26F3N3O. The lowest BCUT2D eigenvalue weighted by Crippen LogP contribution is -2.54. The highest BCUT2D eigenvalue weighted by molar-refractivity contribution is 5.81. The molecule has 1 aliphatic rings. The van der Waals surface area contributed by atoms with Gasteiger partial charge in [0.2, 0.25) is 5.91 Å². The highest BCUT2D eigenvalue weighted by Gasteiger charge is 2.31. The highest BCUT2D eigenvalue weighted by Crippen LogP contribution is 2.31. The molecule has 0 aromatic heterocycles. The Kier molecular flexibility index (Phi) is 6.32. The van der Waals surface area contributed by atoms with Gasteiger partial charge in [-0.05, 0) is 31.0 Å². The molecule has 0 spiro atoms. The third-order valence-corrected chi connectivity index (χ3v) is 4.46. The summed E-state index contributed by atoms with van der Waals surface area (Å²) in [7, 11) is 0. The standard InChI is InChI=1S/C18H26F3N3O/c1-13(2)12-22-17(25)14(3)23-7-9-24(10-8-23)16-6-4-5-15(11-16)18(19,20)21/h4-6,11,13-14H,7-10,12H2,1-3H3,(H,22,25)/t14-/m0/s1. The summed E-state index contributed by atoms with van der Waals surface area (Å²) >= 11 is 0. The zero-order chi connectivity index (χ0) is 18.6. The molecule has 0 aliphatic carbocycles. The largest absolute Gasteiger partial charge is 0.416 e. The Labute approximate surface area is 147 Å². The first kappa shape index (κ1) is 19.6. The summed E-state index contributed by atoms with van der Waals surface area (Å²) in [6.07, 6.45) is -4.33. The van der Waals surface area contributed by atoms with Crippen LogP contribution in [0.5, 0.6) is 0 Å². The number of carbonyl (C=O) groups excluding carboxylic acids is 1. The molecule has 1 aliphatic heterocycles. The minimum Gasteiger partial charge on any atom is -0.369 e. The summed E-state index contributed by atoms with van der Waals surface area (Å²) in [6, 6.07) is 5.17. The van der Waals surface area contributed by atoms with Crippen LogP contribution in [0.2, 0.25) is 0 Å². The Hall–Kier alpha value is -1.76. The summed E-state index contributed by atoms with van der Waals surface area (Å²) < 4.78 is 38.5. The summed E-state index contributed by atoms with van der Waals surface area (Å²) in [5.74, 6) is 0.398. The fourth-order valence-electron chi connectivity index (χ4n) is 2.86. The van der Waals surface area contributed by atoms with Gasteiger partial charge in [-0.15, -0.1) is 0 Å². The molecular weight excluding hydrogens is 331 g/mol. The van der Waals surface area contributed by atoms with Gasteiger partial charge >= 0.3 is 6.18 Å². The zero-order valence-corrected chi connectivity index (χ0v) is 14.9. The van der Waals surface area contributed by atoms with Gasteiger partial charge in [-0.1, -0.05) is 19.9 Å². The number of halogens is 3. The molecule has 0 unspecified atom stereocenters. The van der Waals surface area contributed by atoms with E-state index in [1.807, 2.05) is 25.7 Å². The predicted octanol–water partition coefficient (Wildman–Crippen LogP) is 2.99. The van der Waals surface area contributed by atoms with Gasteiger partial charge in [-0.2, -0.15) is 13.2 Å². The van der Waals surface area contributed by atoms with E-state index in [1.165, 1.54) is 12.1 Å². The number of alkyl halides is 3. The Morgan fingerprint density at radius 2 is 1.80 bits per heavy atom. The SMILES string of the molecule is CC(C)CNC(=O)[C@H](C)N1CCN(c2cccc(C(F)(F)F)c2)CC1. The van der Waals surface area contributed by atoms with E-state index in [9.17, 15) is 18.0 Å². The number of nitrogens with zero attached hydrogens (tertiary/aromatic N) is 2. The maximum absolute atomic E-state index is 12.8. The van der Waals surface area contributed by atoms with E-state index in [2.05, 4.69) is 10.2 Å². The fraction of sp³-hybridized carbons (Fsp3) is 0.611. The van der Waals surface area contributed by atoms with Gasteiger partial charge in [0.25, 0.3) is 0 Å². The summed E-state index contributed by atoms with van der Waals surface area (Å²) in [6.45, 7) is 9.09. The molecule has 0 bridgehead atoms. The maximum atomic E-state index is 12.8. The van der Waals surface area contributed by atoms with Crippen LogP contribution in [0.1, 0.15) is 26.3 Å². The van der Waals surface area contributed by atoms with Crippen molar-refractivity contribution in [1.82, 2.24) is 10.2 Å². The molecule has 7 heteroatoms. The third-order valence-electron chi connectivity index (χ3n) is 4.46. The van der Waals surface area contributed by atoms with Gasteiger partial charge in [-0.3, -0.25) is 9.69 Å². The van der Waals surface area contributed by atoms with Crippen LogP contribution in [0.3, 0.4) is 0 Å². The smallest absolute Gasteiger partial charge is 0.369 e. The molecule has 2 rings (SSSR count). The molecule has 140 valence electrons. The first-order valence-corrected chi connectivity index (χ1v) is 8.62. The highest BCUT2D eigenvalue weighted by atomic mass is 19.4. The summed E-state index contributed by atoms with van der Waals surface area (Å²) in [4.78, 5) is 16.2. The van der Waals surface area contributed by atoms with Crippen molar-refractivity contribution in [2.45, 2.75) is 33.0 Å². The van der Waals surface area contributed by atoms with Crippen molar-refractivity contribution in [1.29, 1.82) is 0 Å². The molecule has 1 amide bonds. The number of piperazine rings is 1. The number of carbonyl (C=O) groups is 1. The number of nitrogens with one attached hydrogen (secondary N) is 1. The molecule has 0 saturated carbocycles. The first-order chi connectivity index (χ1) is 11.7. The van der Waals surface area contributed by atoms with Crippen LogP contribution in [-0.4, -0.2) is 49.6 Å². The molecule has 1 aromatic rings. The van der Waals surface area contributed by atoms with Crippen molar-refractivity contribution in [2.24, 2.45) is 5.92 Å². The van der Waals surface area contributed by atoms with Crippen molar-refractivity contribution in [3.05, 3.63) is 29.8 Å². The fourth-order valence-corrected chi connectivity index (χ4v) is 2.86. The second-order valence-corrected chi connectivity index (χ2v) is 6.89. The zero-order valence-electron chi connectivity index (χ0n) is 14.9. The van der Waals surface area contributed by atoms with E-state index in [4.69, 9.17) is 0 Å². The number of anilines is 1. The predicted molar refractivity (Wildman–Crippen MR) is 92.5 cm³/mol. The van der Waals surface area contributed by atoms with E-state index in [-0.39, 0.29) is 11.9 Å². The van der Waals surface area contributed by atoms with Crippen molar-refractivity contribution < 1.29 is 18.0 Å². The van der Waals surface area contributed by atoms with Gasteiger partial charge in [0.05, 0.1) is 11.6 Å². The van der Waals surface area contributed by atoms with Crippen LogP contribution in [0.25, 0.3) is 0 Å². The molecule has 1 heterocycles. The number of hydrogen-bond donors (Lipinski definition) is 1. The van der Waals surface area contributed by atoms with Gasteiger partial charge in [0.1, 0.15) is 0 Å². The molecule has 25 heavy (non-hydrogen) atoms. The second kappa shape index (κ2) is 8.08. The molecule has 0 radical (unpaired) electrons. The van der Waals surface area contributed by atoms with Gasteiger partial charge < -0.3 is 10.2 Å². The number of benzene rings is 1. The van der Waals surface area contributed by atoms with Gasteiger partial charge in [0, 0.05) is 38.4 Å². The minimum absolute atomic E-state index is 0.00113. The first-order valence-electron chi connectivity index (χ1n) is 8.62. The van der Waals surface area contributed by atoms with Crippen LogP contribution >= 0.6 is 0 Å². The molecule has 1 atom stereocenters. The van der Waals surface area contributed by atoms with E-state index in [0.717, 1.165) is 6.07 Å². The van der Waals surface area contributed by atoms with Crippen LogP contribution in [0, 0.1) is 5.92 Å². The summed E-state index contributed by atoms with van der Waals surface area (Å²) in [5, 5.41) is 2.93. The third kappa shape index (κ3) is 5.36. The van der Waals surface area contributed by atoms with Crippen molar-refractivity contribution in [3.8, 4) is 0 Å². The molecule has 1 fully saturated rings. The number of amides is 1. The maximum Gasteiger partial charge on any atom is 0.416 e. The average Bonchev–Trinajstić information content (AvgIpc) is 2.58. The van der Waals surface area contributed by atoms with E-state index in [0.29, 0.717) is 44.3 Å². The van der Waals surface area contributed by atoms with E-state index in [1.54, 1.807) is 6.07 Å². The molecule has 1 aromatic carbocycles. The van der Waals surface area contributed by atoms with Gasteiger partial charge in [-0.25, -0.2) is 0 Å². The van der Waals surface area contributed by atoms with Crippen LogP contribution in [0.15, 0.2) is 24.3 Å². The van der Waals surface area contributed by atoms with Crippen molar-refractivity contribution in [3.63, 3.8) is 0 Å². The van der Waals surface area contributed by atoms with Crippen LogP contribution in [-0.2, 0) is 11.0 Å². The summed E-state index contributed by atoms with van der Waals surface area (Å²) in [5.41, 5.74) is -0.0553. The van der Waals surface area contributed by atoms with Crippen molar-refractivity contribution in [2.75, 3.05) is 37.6 Å². The topological polar surface area (TPSA) is 35.6 Å². The van der Waals surface area contributed by atoms with Crippen LogP contribution in [0.4, 0.5) is 18.9 Å². The second-order valence-electron chi connectivity index (χ2n) is 6.89. The van der Waals surface area contributed by atoms with Crippen molar-refractivity contribution >= 4 is 11.6 Å². The van der Waals surface area contributed by atoms with Crippen LogP contribution < -0.4 is 10.2 Å². The number of rotatable bonds is 5. The Bertz CT molecular complexity index is 581. The normalized spacial score (nSPS) is 17.6. The lowest BCUT2D eigenvalue weighted by Gasteiger charge is -2.38. The minimum atomic E-state index is -4.33. The monoisotopic (exact) mass is 357 g/mol. The lowest BCUT2D eigenvalue weighted by atomic mass is 10.1. The quantitative estimate of drug-likeness (QED) is 0.880. The molecule has 1 N–H and O–H groups in total. The number of hydrogen-bond acceptors (Lipinski definition) is 3. The lowest BCUT2D eigenvalue weighted by molar-refractivity contribution is -0.137. The van der Waals surface area contributed by atoms with Gasteiger partial charge in [0.15, 0.2) is 0 Å². The Balaban J connectivity index is 1.92. The molecule has 4 nitrogen and oxygen atoms in total. The Morgan fingerprint density at radius 3 is 2.36 bits per heavy atom. The van der Waals surface area contributed by atoms with E-state index >= 15 is 0 Å². The molecule has 1 saturated heterocycles. The average molecular weight is 357 g/mol. The van der Waals surface area contributed by atoms with E-state index < -0.39 is 11.7 Å². The Morgan fingerprint density at radius 1 is 1.16 bits per heavy atom.